The predicted octanol–water partition coefficient (Wildman–Crippen LogP) is 2.14. The van der Waals surface area contributed by atoms with Crippen LogP contribution in [0.25, 0.3) is 0 Å². The lowest BCUT2D eigenvalue weighted by molar-refractivity contribution is -0.0161. The zero-order chi connectivity index (χ0) is 16.7. The molecule has 1 aromatic rings. The molecule has 1 aromatic carbocycles. The molecule has 1 heterocycles. The fraction of sp³-hybridized carbons (Fsp3) is 0.588. The average Bonchev–Trinajstić information content (AvgIpc) is 2.53. The number of nitrogens with zero attached hydrogens (tertiary/aromatic N) is 2. The number of ether oxygens (including phenoxy) is 1. The molecule has 0 bridgehead atoms. The summed E-state index contributed by atoms with van der Waals surface area (Å²) in [5.74, 6) is 0.541. The Balaban J connectivity index is 0.00000288. The smallest absolute Gasteiger partial charge is 0.191 e. The van der Waals surface area contributed by atoms with Crippen molar-refractivity contribution < 1.29 is 9.13 Å². The van der Waals surface area contributed by atoms with Gasteiger partial charge in [-0.05, 0) is 38.1 Å². The number of nitrogens with one attached hydrogen (secondary N) is 2. The van der Waals surface area contributed by atoms with Gasteiger partial charge in [0.15, 0.2) is 5.96 Å². The Morgan fingerprint density at radius 3 is 2.88 bits per heavy atom. The lowest BCUT2D eigenvalue weighted by Crippen LogP contribution is -2.48. The number of hydrogen-bond acceptors (Lipinski definition) is 3. The summed E-state index contributed by atoms with van der Waals surface area (Å²) in [4.78, 5) is 6.78. The minimum Gasteiger partial charge on any atom is -0.374 e. The molecule has 1 saturated heterocycles. The Morgan fingerprint density at radius 2 is 2.21 bits per heavy atom. The third kappa shape index (κ3) is 6.90. The van der Waals surface area contributed by atoms with Crippen molar-refractivity contribution in [3.63, 3.8) is 0 Å². The SMILES string of the molecule is CCNC(=NCc1ccc(C)c(F)c1)NCC1CN(C)CCO1.I. The number of benzene rings is 1. The molecule has 2 N–H and O–H groups in total. The Bertz CT molecular complexity index is 541. The molecule has 0 radical (unpaired) electrons. The van der Waals surface area contributed by atoms with E-state index in [-0.39, 0.29) is 35.9 Å². The second kappa shape index (κ2) is 10.8. The first-order valence-corrected chi connectivity index (χ1v) is 8.16. The average molecular weight is 450 g/mol. The van der Waals surface area contributed by atoms with Gasteiger partial charge in [0.05, 0.1) is 19.3 Å². The largest absolute Gasteiger partial charge is 0.374 e. The van der Waals surface area contributed by atoms with Gasteiger partial charge in [-0.15, -0.1) is 24.0 Å². The minimum atomic E-state index is -0.186. The van der Waals surface area contributed by atoms with Crippen LogP contribution in [0.15, 0.2) is 23.2 Å². The highest BCUT2D eigenvalue weighted by Crippen LogP contribution is 2.10. The van der Waals surface area contributed by atoms with E-state index in [0.29, 0.717) is 18.7 Å². The van der Waals surface area contributed by atoms with Crippen LogP contribution in [-0.4, -0.2) is 56.8 Å². The van der Waals surface area contributed by atoms with Crippen LogP contribution in [0.1, 0.15) is 18.1 Å². The first kappa shape index (κ1) is 21.1. The van der Waals surface area contributed by atoms with Gasteiger partial charge in [0.1, 0.15) is 5.82 Å². The zero-order valence-corrected chi connectivity index (χ0v) is 17.0. The Kier molecular flexibility index (Phi) is 9.53. The molecule has 0 saturated carbocycles. The zero-order valence-electron chi connectivity index (χ0n) is 14.6. The van der Waals surface area contributed by atoms with Crippen molar-refractivity contribution in [1.82, 2.24) is 15.5 Å². The van der Waals surface area contributed by atoms with E-state index in [2.05, 4.69) is 27.6 Å². The molecule has 0 aromatic heterocycles. The van der Waals surface area contributed by atoms with Crippen molar-refractivity contribution in [3.05, 3.63) is 35.1 Å². The molecule has 2 rings (SSSR count). The summed E-state index contributed by atoms with van der Waals surface area (Å²) in [5.41, 5.74) is 1.51. The summed E-state index contributed by atoms with van der Waals surface area (Å²) in [7, 11) is 2.10. The number of aliphatic imine (C=N–C) groups is 1. The van der Waals surface area contributed by atoms with E-state index in [4.69, 9.17) is 4.74 Å². The van der Waals surface area contributed by atoms with Crippen molar-refractivity contribution in [2.75, 3.05) is 39.8 Å². The van der Waals surface area contributed by atoms with Gasteiger partial charge < -0.3 is 20.3 Å². The maximum Gasteiger partial charge on any atom is 0.191 e. The quantitative estimate of drug-likeness (QED) is 0.410. The molecule has 1 aliphatic heterocycles. The predicted molar refractivity (Wildman–Crippen MR) is 107 cm³/mol. The van der Waals surface area contributed by atoms with Gasteiger partial charge in [0, 0.05) is 26.2 Å². The molecule has 5 nitrogen and oxygen atoms in total. The topological polar surface area (TPSA) is 48.9 Å². The highest BCUT2D eigenvalue weighted by Gasteiger charge is 2.17. The first-order chi connectivity index (χ1) is 11.1. The summed E-state index contributed by atoms with van der Waals surface area (Å²) >= 11 is 0. The van der Waals surface area contributed by atoms with Crippen LogP contribution < -0.4 is 10.6 Å². The molecular formula is C17H28FIN4O. The molecule has 24 heavy (non-hydrogen) atoms. The highest BCUT2D eigenvalue weighted by molar-refractivity contribution is 14.0. The second-order valence-corrected chi connectivity index (χ2v) is 5.91. The number of hydrogen-bond donors (Lipinski definition) is 2. The molecule has 1 atom stereocenters. The molecule has 0 spiro atoms. The molecule has 7 heteroatoms. The summed E-state index contributed by atoms with van der Waals surface area (Å²) in [6, 6.07) is 5.23. The van der Waals surface area contributed by atoms with E-state index < -0.39 is 0 Å². The summed E-state index contributed by atoms with van der Waals surface area (Å²) in [5, 5.41) is 6.51. The van der Waals surface area contributed by atoms with Crippen molar-refractivity contribution in [2.24, 2.45) is 4.99 Å². The van der Waals surface area contributed by atoms with Crippen LogP contribution in [0.4, 0.5) is 4.39 Å². The van der Waals surface area contributed by atoms with Gasteiger partial charge in [-0.1, -0.05) is 12.1 Å². The summed E-state index contributed by atoms with van der Waals surface area (Å²) in [6.45, 7) is 8.36. The van der Waals surface area contributed by atoms with E-state index in [0.717, 1.165) is 37.8 Å². The third-order valence-corrected chi connectivity index (χ3v) is 3.84. The lowest BCUT2D eigenvalue weighted by atomic mass is 10.1. The van der Waals surface area contributed by atoms with E-state index in [1.807, 2.05) is 13.0 Å². The van der Waals surface area contributed by atoms with Gasteiger partial charge in [0.25, 0.3) is 0 Å². The van der Waals surface area contributed by atoms with Crippen LogP contribution >= 0.6 is 24.0 Å². The van der Waals surface area contributed by atoms with Gasteiger partial charge >= 0.3 is 0 Å². The Morgan fingerprint density at radius 1 is 1.42 bits per heavy atom. The molecular weight excluding hydrogens is 422 g/mol. The summed E-state index contributed by atoms with van der Waals surface area (Å²) in [6.07, 6.45) is 0.162. The highest BCUT2D eigenvalue weighted by atomic mass is 127. The lowest BCUT2D eigenvalue weighted by Gasteiger charge is -2.30. The number of likely N-dealkylation sites (N-methyl/N-ethyl adjacent to an activating group) is 1. The van der Waals surface area contributed by atoms with Gasteiger partial charge in [-0.3, -0.25) is 0 Å². The molecule has 1 aliphatic rings. The maximum absolute atomic E-state index is 13.6. The van der Waals surface area contributed by atoms with Crippen LogP contribution in [0, 0.1) is 12.7 Å². The van der Waals surface area contributed by atoms with Crippen molar-refractivity contribution in [3.8, 4) is 0 Å². The molecule has 0 amide bonds. The second-order valence-electron chi connectivity index (χ2n) is 5.91. The van der Waals surface area contributed by atoms with Crippen LogP contribution in [0.5, 0.6) is 0 Å². The number of halogens is 2. The molecule has 0 aliphatic carbocycles. The summed E-state index contributed by atoms with van der Waals surface area (Å²) < 4.78 is 19.3. The Hall–Kier alpha value is -0.930. The van der Waals surface area contributed by atoms with Crippen LogP contribution in [-0.2, 0) is 11.3 Å². The third-order valence-electron chi connectivity index (χ3n) is 3.84. The molecule has 1 unspecified atom stereocenters. The molecule has 1 fully saturated rings. The number of guanidine groups is 1. The Labute approximate surface area is 161 Å². The fourth-order valence-electron chi connectivity index (χ4n) is 2.45. The number of aryl methyl sites for hydroxylation is 1. The number of rotatable bonds is 5. The van der Waals surface area contributed by atoms with Crippen molar-refractivity contribution >= 4 is 29.9 Å². The van der Waals surface area contributed by atoms with Crippen molar-refractivity contribution in [1.29, 1.82) is 0 Å². The fourth-order valence-corrected chi connectivity index (χ4v) is 2.45. The van der Waals surface area contributed by atoms with E-state index in [9.17, 15) is 4.39 Å². The maximum atomic E-state index is 13.6. The van der Waals surface area contributed by atoms with E-state index in [1.54, 1.807) is 19.1 Å². The normalized spacial score (nSPS) is 18.8. The molecule has 136 valence electrons. The van der Waals surface area contributed by atoms with E-state index in [1.165, 1.54) is 0 Å². The minimum absolute atomic E-state index is 0. The van der Waals surface area contributed by atoms with Crippen LogP contribution in [0.3, 0.4) is 0 Å². The van der Waals surface area contributed by atoms with Gasteiger partial charge in [-0.25, -0.2) is 9.38 Å². The van der Waals surface area contributed by atoms with Crippen LogP contribution in [0.2, 0.25) is 0 Å². The first-order valence-electron chi connectivity index (χ1n) is 8.16. The van der Waals surface area contributed by atoms with Gasteiger partial charge in [-0.2, -0.15) is 0 Å². The number of morpholine rings is 1. The monoisotopic (exact) mass is 450 g/mol. The van der Waals surface area contributed by atoms with E-state index >= 15 is 0 Å². The van der Waals surface area contributed by atoms with Gasteiger partial charge in [0.2, 0.25) is 0 Å². The standard InChI is InChI=1S/C17H27FN4O.HI/c1-4-19-17(21-11-15-12-22(3)7-8-23-15)20-10-14-6-5-13(2)16(18)9-14;/h5-6,9,15H,4,7-8,10-12H2,1-3H3,(H2,19,20,21);1H. The van der Waals surface area contributed by atoms with Crippen molar-refractivity contribution in [2.45, 2.75) is 26.5 Å².